The first-order valence-corrected chi connectivity index (χ1v) is 7.97. The molecule has 0 aromatic heterocycles. The van der Waals surface area contributed by atoms with Crippen molar-refractivity contribution in [3.63, 3.8) is 0 Å². The van der Waals surface area contributed by atoms with Crippen LogP contribution in [-0.4, -0.2) is 47.1 Å². The van der Waals surface area contributed by atoms with Gasteiger partial charge in [-0.2, -0.15) is 11.8 Å². The number of thioether (sulfide) groups is 1. The SMILES string of the molecule is CC1CN(CCOc2ccc(C(N)=S)cc2)CCS1. The third-order valence-electron chi connectivity index (χ3n) is 3.14. The Balaban J connectivity index is 1.74. The average molecular weight is 296 g/mol. The van der Waals surface area contributed by atoms with Crippen LogP contribution in [0.4, 0.5) is 0 Å². The highest BCUT2D eigenvalue weighted by molar-refractivity contribution is 7.99. The van der Waals surface area contributed by atoms with Gasteiger partial charge in [-0.1, -0.05) is 19.1 Å². The number of hydrogen-bond donors (Lipinski definition) is 1. The van der Waals surface area contributed by atoms with E-state index in [1.54, 1.807) is 0 Å². The van der Waals surface area contributed by atoms with Crippen LogP contribution in [-0.2, 0) is 0 Å². The van der Waals surface area contributed by atoms with Crippen LogP contribution in [0.15, 0.2) is 24.3 Å². The Hall–Kier alpha value is -0.780. The van der Waals surface area contributed by atoms with Gasteiger partial charge in [0.15, 0.2) is 0 Å². The summed E-state index contributed by atoms with van der Waals surface area (Å²) >= 11 is 6.97. The van der Waals surface area contributed by atoms with Crippen LogP contribution in [0.1, 0.15) is 12.5 Å². The Kier molecular flexibility index (Phi) is 5.48. The fraction of sp³-hybridized carbons (Fsp3) is 0.500. The first-order valence-electron chi connectivity index (χ1n) is 6.52. The van der Waals surface area contributed by atoms with Gasteiger partial charge in [-0.05, 0) is 24.3 Å². The van der Waals surface area contributed by atoms with Crippen LogP contribution >= 0.6 is 24.0 Å². The zero-order valence-corrected chi connectivity index (χ0v) is 12.8. The molecule has 0 radical (unpaired) electrons. The second kappa shape index (κ2) is 7.12. The second-order valence-electron chi connectivity index (χ2n) is 4.72. The van der Waals surface area contributed by atoms with E-state index >= 15 is 0 Å². The van der Waals surface area contributed by atoms with Crippen LogP contribution in [0.25, 0.3) is 0 Å². The summed E-state index contributed by atoms with van der Waals surface area (Å²) in [6.45, 7) is 6.32. The molecule has 0 bridgehead atoms. The number of ether oxygens (including phenoxy) is 1. The van der Waals surface area contributed by atoms with E-state index in [0.717, 1.165) is 36.3 Å². The maximum Gasteiger partial charge on any atom is 0.119 e. The third kappa shape index (κ3) is 4.67. The lowest BCUT2D eigenvalue weighted by molar-refractivity contribution is 0.215. The lowest BCUT2D eigenvalue weighted by atomic mass is 10.2. The Bertz CT molecular complexity index is 422. The van der Waals surface area contributed by atoms with Crippen molar-refractivity contribution in [2.45, 2.75) is 12.2 Å². The number of nitrogens with two attached hydrogens (primary N) is 1. The van der Waals surface area contributed by atoms with Gasteiger partial charge in [-0.15, -0.1) is 0 Å². The van der Waals surface area contributed by atoms with Gasteiger partial charge >= 0.3 is 0 Å². The Morgan fingerprint density at radius 2 is 2.21 bits per heavy atom. The molecule has 19 heavy (non-hydrogen) atoms. The fourth-order valence-corrected chi connectivity index (χ4v) is 3.32. The molecule has 0 spiro atoms. The highest BCUT2D eigenvalue weighted by atomic mass is 32.2. The van der Waals surface area contributed by atoms with Gasteiger partial charge in [0.25, 0.3) is 0 Å². The van der Waals surface area contributed by atoms with Gasteiger partial charge in [-0.3, -0.25) is 4.90 Å². The van der Waals surface area contributed by atoms with Gasteiger partial charge in [0.1, 0.15) is 17.3 Å². The smallest absolute Gasteiger partial charge is 0.119 e. The molecule has 1 atom stereocenters. The van der Waals surface area contributed by atoms with Crippen LogP contribution in [0.2, 0.25) is 0 Å². The molecule has 0 amide bonds. The zero-order chi connectivity index (χ0) is 13.7. The molecule has 1 aliphatic rings. The van der Waals surface area contributed by atoms with E-state index in [0.29, 0.717) is 4.99 Å². The molecule has 1 aliphatic heterocycles. The zero-order valence-electron chi connectivity index (χ0n) is 11.2. The van der Waals surface area contributed by atoms with Crippen molar-refractivity contribution < 1.29 is 4.74 Å². The second-order valence-corrected chi connectivity index (χ2v) is 6.71. The van der Waals surface area contributed by atoms with Crippen molar-refractivity contribution in [3.05, 3.63) is 29.8 Å². The van der Waals surface area contributed by atoms with Gasteiger partial charge in [0.05, 0.1) is 0 Å². The summed E-state index contributed by atoms with van der Waals surface area (Å²) in [6.07, 6.45) is 0. The minimum atomic E-state index is 0.423. The minimum Gasteiger partial charge on any atom is -0.492 e. The molecule has 104 valence electrons. The summed E-state index contributed by atoms with van der Waals surface area (Å²) in [5, 5.41) is 0.735. The molecule has 0 saturated carbocycles. The Morgan fingerprint density at radius 3 is 2.84 bits per heavy atom. The van der Waals surface area contributed by atoms with Gasteiger partial charge in [0.2, 0.25) is 0 Å². The van der Waals surface area contributed by atoms with E-state index in [2.05, 4.69) is 11.8 Å². The van der Waals surface area contributed by atoms with E-state index in [9.17, 15) is 0 Å². The third-order valence-corrected chi connectivity index (χ3v) is 4.51. The predicted molar refractivity (Wildman–Crippen MR) is 86.2 cm³/mol. The highest BCUT2D eigenvalue weighted by Gasteiger charge is 2.15. The minimum absolute atomic E-state index is 0.423. The molecule has 1 saturated heterocycles. The first-order chi connectivity index (χ1) is 9.15. The number of rotatable bonds is 5. The normalized spacial score (nSPS) is 20.2. The quantitative estimate of drug-likeness (QED) is 0.843. The average Bonchev–Trinajstić information content (AvgIpc) is 2.39. The molecule has 2 rings (SSSR count). The van der Waals surface area contributed by atoms with Crippen LogP contribution in [0.5, 0.6) is 5.75 Å². The summed E-state index contributed by atoms with van der Waals surface area (Å²) in [5.74, 6) is 2.10. The monoisotopic (exact) mass is 296 g/mol. The van der Waals surface area contributed by atoms with Crippen molar-refractivity contribution in [1.29, 1.82) is 0 Å². The van der Waals surface area contributed by atoms with Gasteiger partial charge < -0.3 is 10.5 Å². The fourth-order valence-electron chi connectivity index (χ4n) is 2.10. The van der Waals surface area contributed by atoms with E-state index in [-0.39, 0.29) is 0 Å². The standard InChI is InChI=1S/C14H20N2OS2/c1-11-10-16(7-9-19-11)6-8-17-13-4-2-12(3-5-13)14(15)18/h2-5,11H,6-10H2,1H3,(H2,15,18). The van der Waals surface area contributed by atoms with Crippen LogP contribution in [0, 0.1) is 0 Å². The van der Waals surface area contributed by atoms with Gasteiger partial charge in [-0.25, -0.2) is 0 Å². The Morgan fingerprint density at radius 1 is 1.47 bits per heavy atom. The van der Waals surface area contributed by atoms with Crippen molar-refractivity contribution in [2.24, 2.45) is 5.73 Å². The summed E-state index contributed by atoms with van der Waals surface area (Å²) in [5.41, 5.74) is 6.44. The van der Waals surface area contributed by atoms with Crippen molar-refractivity contribution >= 4 is 29.0 Å². The molecule has 5 heteroatoms. The van der Waals surface area contributed by atoms with Crippen molar-refractivity contribution in [2.75, 3.05) is 32.0 Å². The highest BCUT2D eigenvalue weighted by Crippen LogP contribution is 2.17. The van der Waals surface area contributed by atoms with E-state index in [4.69, 9.17) is 22.7 Å². The molecule has 1 unspecified atom stereocenters. The predicted octanol–water partition coefficient (Wildman–Crippen LogP) is 2.14. The van der Waals surface area contributed by atoms with Crippen LogP contribution < -0.4 is 10.5 Å². The number of thiocarbonyl (C=S) groups is 1. The number of benzene rings is 1. The Labute approximate surface area is 124 Å². The lowest BCUT2D eigenvalue weighted by Crippen LogP contribution is -2.39. The lowest BCUT2D eigenvalue weighted by Gasteiger charge is -2.30. The largest absolute Gasteiger partial charge is 0.492 e. The summed E-state index contributed by atoms with van der Waals surface area (Å²) in [7, 11) is 0. The number of hydrogen-bond acceptors (Lipinski definition) is 4. The first kappa shape index (κ1) is 14.6. The molecule has 0 aliphatic carbocycles. The summed E-state index contributed by atoms with van der Waals surface area (Å²) < 4.78 is 5.75. The molecule has 1 heterocycles. The summed E-state index contributed by atoms with van der Waals surface area (Å²) in [4.78, 5) is 2.89. The molecular weight excluding hydrogens is 276 g/mol. The molecule has 1 fully saturated rings. The van der Waals surface area contributed by atoms with Crippen molar-refractivity contribution in [1.82, 2.24) is 4.90 Å². The van der Waals surface area contributed by atoms with Crippen molar-refractivity contribution in [3.8, 4) is 5.75 Å². The molecular formula is C14H20N2OS2. The maximum atomic E-state index is 5.75. The van der Waals surface area contributed by atoms with E-state index in [1.165, 1.54) is 12.3 Å². The maximum absolute atomic E-state index is 5.75. The topological polar surface area (TPSA) is 38.5 Å². The molecule has 1 aromatic carbocycles. The van der Waals surface area contributed by atoms with Crippen LogP contribution in [0.3, 0.4) is 0 Å². The molecule has 1 aromatic rings. The van der Waals surface area contributed by atoms with E-state index in [1.807, 2.05) is 36.0 Å². The molecule has 2 N–H and O–H groups in total. The summed E-state index contributed by atoms with van der Waals surface area (Å²) in [6, 6.07) is 7.64. The number of nitrogens with zero attached hydrogens (tertiary/aromatic N) is 1. The molecule has 3 nitrogen and oxygen atoms in total. The van der Waals surface area contributed by atoms with Gasteiger partial charge in [0, 0.05) is 36.2 Å². The van der Waals surface area contributed by atoms with E-state index < -0.39 is 0 Å².